The van der Waals surface area contributed by atoms with Crippen molar-refractivity contribution in [3.63, 3.8) is 0 Å². The van der Waals surface area contributed by atoms with Crippen LogP contribution in [0.25, 0.3) is 6.08 Å². The van der Waals surface area contributed by atoms with Crippen LogP contribution in [-0.2, 0) is 14.3 Å². The summed E-state index contributed by atoms with van der Waals surface area (Å²) in [6.45, 7) is 2.35. The van der Waals surface area contributed by atoms with Gasteiger partial charge < -0.3 is 9.64 Å². The Bertz CT molecular complexity index is 1130. The molecule has 2 aromatic carbocycles. The highest BCUT2D eigenvalue weighted by molar-refractivity contribution is 8.26. The molecule has 3 aliphatic rings. The van der Waals surface area contributed by atoms with Crippen LogP contribution in [0.3, 0.4) is 0 Å². The molecule has 2 aliphatic heterocycles. The van der Waals surface area contributed by atoms with Crippen LogP contribution in [0.15, 0.2) is 53.4 Å². The van der Waals surface area contributed by atoms with Crippen molar-refractivity contribution in [1.82, 2.24) is 4.90 Å². The Hall–Kier alpha value is -2.64. The first-order chi connectivity index (χ1) is 16.1. The van der Waals surface area contributed by atoms with Gasteiger partial charge >= 0.3 is 5.97 Å². The smallest absolute Gasteiger partial charge is 0.307 e. The second-order valence-electron chi connectivity index (χ2n) is 8.52. The zero-order chi connectivity index (χ0) is 22.9. The van der Waals surface area contributed by atoms with Gasteiger partial charge in [-0.05, 0) is 61.2 Å². The van der Waals surface area contributed by atoms with E-state index in [1.165, 1.54) is 52.9 Å². The van der Waals surface area contributed by atoms with Crippen molar-refractivity contribution < 1.29 is 14.3 Å². The third-order valence-corrected chi connectivity index (χ3v) is 7.95. The first-order valence-electron chi connectivity index (χ1n) is 11.5. The van der Waals surface area contributed by atoms with Crippen molar-refractivity contribution in [3.8, 4) is 0 Å². The van der Waals surface area contributed by atoms with Crippen molar-refractivity contribution in [2.45, 2.75) is 44.6 Å². The molecule has 2 fully saturated rings. The van der Waals surface area contributed by atoms with Crippen LogP contribution in [0.2, 0.25) is 0 Å². The number of thiocarbonyl (C=S) groups is 1. The molecule has 1 amide bonds. The third-order valence-electron chi connectivity index (χ3n) is 6.57. The molecule has 0 bridgehead atoms. The van der Waals surface area contributed by atoms with E-state index >= 15 is 0 Å². The van der Waals surface area contributed by atoms with Crippen LogP contribution in [0.1, 0.15) is 49.7 Å². The number of amides is 1. The first kappa shape index (κ1) is 22.2. The van der Waals surface area contributed by atoms with Crippen LogP contribution in [0.4, 0.5) is 11.4 Å². The zero-order valence-electron chi connectivity index (χ0n) is 18.5. The highest BCUT2D eigenvalue weighted by Gasteiger charge is 2.42. The fourth-order valence-corrected chi connectivity index (χ4v) is 6.48. The van der Waals surface area contributed by atoms with Gasteiger partial charge in [0, 0.05) is 29.9 Å². The number of anilines is 2. The number of carbonyl (C=O) groups is 2. The number of rotatable bonds is 6. The molecule has 0 spiro atoms. The lowest BCUT2D eigenvalue weighted by atomic mass is 9.96. The van der Waals surface area contributed by atoms with Crippen LogP contribution in [0.5, 0.6) is 0 Å². The summed E-state index contributed by atoms with van der Waals surface area (Å²) in [5, 5.41) is 0. The molecule has 1 aliphatic carbocycles. The van der Waals surface area contributed by atoms with Gasteiger partial charge in [0.1, 0.15) is 4.32 Å². The molecule has 1 saturated carbocycles. The largest absolute Gasteiger partial charge is 0.466 e. The van der Waals surface area contributed by atoms with Gasteiger partial charge in [-0.3, -0.25) is 14.5 Å². The SMILES string of the molecule is CCOC(=O)CCN1C(=O)/C(=C\c2ccc3c(c2)C2CCCC2N3c2ccccc2)SC1=S. The van der Waals surface area contributed by atoms with E-state index in [0.717, 1.165) is 5.56 Å². The topological polar surface area (TPSA) is 49.9 Å². The molecule has 5 nitrogen and oxygen atoms in total. The molecule has 2 unspecified atom stereocenters. The number of hydrogen-bond donors (Lipinski definition) is 0. The molecule has 7 heteroatoms. The van der Waals surface area contributed by atoms with Crippen LogP contribution in [0, 0.1) is 0 Å². The fraction of sp³-hybridized carbons (Fsp3) is 0.346. The first-order valence-corrected chi connectivity index (χ1v) is 12.7. The third kappa shape index (κ3) is 4.20. The summed E-state index contributed by atoms with van der Waals surface area (Å²) in [7, 11) is 0. The maximum atomic E-state index is 12.9. The molecule has 33 heavy (non-hydrogen) atoms. The highest BCUT2D eigenvalue weighted by Crippen LogP contribution is 2.52. The summed E-state index contributed by atoms with van der Waals surface area (Å²) in [5.74, 6) is 0.0651. The fourth-order valence-electron chi connectivity index (χ4n) is 5.17. The molecule has 2 aromatic rings. The Morgan fingerprint density at radius 1 is 1.21 bits per heavy atom. The summed E-state index contributed by atoms with van der Waals surface area (Å²) in [6.07, 6.45) is 5.70. The van der Waals surface area contributed by atoms with E-state index in [-0.39, 0.29) is 24.8 Å². The Balaban J connectivity index is 1.39. The molecule has 2 heterocycles. The Morgan fingerprint density at radius 2 is 2.03 bits per heavy atom. The van der Waals surface area contributed by atoms with Gasteiger partial charge in [-0.25, -0.2) is 0 Å². The molecular weight excluding hydrogens is 452 g/mol. The minimum atomic E-state index is -0.316. The standard InChI is InChI=1S/C26H26N2O3S2/c1-2-31-24(29)13-14-27-25(30)23(33-26(27)32)16-17-11-12-22-20(15-17)19-9-6-10-21(19)28(22)18-7-4-3-5-8-18/h3-5,7-8,11-12,15-16,19,21H,2,6,9-10,13-14H2,1H3/b23-16+. The Labute approximate surface area is 203 Å². The average molecular weight is 479 g/mol. The zero-order valence-corrected chi connectivity index (χ0v) is 20.2. The van der Waals surface area contributed by atoms with Gasteiger partial charge in [-0.15, -0.1) is 0 Å². The summed E-state index contributed by atoms with van der Waals surface area (Å²) in [5.41, 5.74) is 4.89. The van der Waals surface area contributed by atoms with Crippen molar-refractivity contribution in [2.75, 3.05) is 18.1 Å². The molecule has 1 saturated heterocycles. The van der Waals surface area contributed by atoms with Gasteiger partial charge in [0.05, 0.1) is 17.9 Å². The van der Waals surface area contributed by atoms with Crippen LogP contribution in [-0.4, -0.2) is 40.3 Å². The van der Waals surface area contributed by atoms with E-state index in [1.807, 2.05) is 6.08 Å². The molecule has 0 aromatic heterocycles. The molecule has 170 valence electrons. The molecule has 5 rings (SSSR count). The predicted octanol–water partition coefficient (Wildman–Crippen LogP) is 5.63. The van der Waals surface area contributed by atoms with E-state index in [9.17, 15) is 9.59 Å². The number of thioether (sulfide) groups is 1. The lowest BCUT2D eigenvalue weighted by Gasteiger charge is -2.27. The Morgan fingerprint density at radius 3 is 2.82 bits per heavy atom. The van der Waals surface area contributed by atoms with E-state index in [0.29, 0.717) is 27.8 Å². The number of hydrogen-bond acceptors (Lipinski definition) is 6. The quantitative estimate of drug-likeness (QED) is 0.305. The van der Waals surface area contributed by atoms with Crippen molar-refractivity contribution in [1.29, 1.82) is 0 Å². The lowest BCUT2D eigenvalue weighted by Crippen LogP contribution is -2.30. The van der Waals surface area contributed by atoms with Gasteiger partial charge in [0.15, 0.2) is 0 Å². The number of ether oxygens (including phenoxy) is 1. The molecule has 0 radical (unpaired) electrons. The van der Waals surface area contributed by atoms with Crippen molar-refractivity contribution in [2.24, 2.45) is 0 Å². The van der Waals surface area contributed by atoms with E-state index in [1.54, 1.807) is 6.92 Å². The number of benzene rings is 2. The lowest BCUT2D eigenvalue weighted by molar-refractivity contribution is -0.143. The maximum absolute atomic E-state index is 12.9. The second-order valence-corrected chi connectivity index (χ2v) is 10.2. The predicted molar refractivity (Wildman–Crippen MR) is 137 cm³/mol. The number of esters is 1. The summed E-state index contributed by atoms with van der Waals surface area (Å²) < 4.78 is 5.46. The van der Waals surface area contributed by atoms with Gasteiger partial charge in [0.2, 0.25) is 0 Å². The second kappa shape index (κ2) is 9.31. The molecule has 2 atom stereocenters. The average Bonchev–Trinajstić information content (AvgIpc) is 3.47. The number of carbonyl (C=O) groups excluding carboxylic acids is 2. The normalized spacial score (nSPS) is 22.8. The number of fused-ring (bicyclic) bond motifs is 3. The summed E-state index contributed by atoms with van der Waals surface area (Å²) >= 11 is 6.70. The van der Waals surface area contributed by atoms with Gasteiger partial charge in [0.25, 0.3) is 5.91 Å². The minimum Gasteiger partial charge on any atom is -0.466 e. The van der Waals surface area contributed by atoms with Crippen molar-refractivity contribution in [3.05, 3.63) is 64.6 Å². The molecular formula is C26H26N2O3S2. The van der Waals surface area contributed by atoms with Crippen molar-refractivity contribution >= 4 is 57.6 Å². The van der Waals surface area contributed by atoms with E-state index < -0.39 is 0 Å². The number of para-hydroxylation sites is 1. The molecule has 0 N–H and O–H groups in total. The highest BCUT2D eigenvalue weighted by atomic mass is 32.2. The van der Waals surface area contributed by atoms with Gasteiger partial charge in [-0.1, -0.05) is 54.7 Å². The van der Waals surface area contributed by atoms with E-state index in [4.69, 9.17) is 17.0 Å². The Kier molecular flexibility index (Phi) is 6.25. The van der Waals surface area contributed by atoms with Crippen LogP contribution < -0.4 is 4.90 Å². The van der Waals surface area contributed by atoms with Crippen LogP contribution >= 0.6 is 24.0 Å². The monoisotopic (exact) mass is 478 g/mol. The number of nitrogens with zero attached hydrogens (tertiary/aromatic N) is 2. The van der Waals surface area contributed by atoms with E-state index in [2.05, 4.69) is 53.4 Å². The summed E-state index contributed by atoms with van der Waals surface area (Å²) in [6, 6.07) is 17.6. The summed E-state index contributed by atoms with van der Waals surface area (Å²) in [4.78, 5) is 29.2. The minimum absolute atomic E-state index is 0.139. The van der Waals surface area contributed by atoms with Gasteiger partial charge in [-0.2, -0.15) is 0 Å². The maximum Gasteiger partial charge on any atom is 0.307 e.